The summed E-state index contributed by atoms with van der Waals surface area (Å²) in [6.07, 6.45) is 0. The van der Waals surface area contributed by atoms with Gasteiger partial charge in [-0.25, -0.2) is 4.39 Å². The molecular weight excluding hydrogens is 339 g/mol. The molecular formula is C19H21FN2O4. The number of hydrogen-bond acceptors (Lipinski definition) is 4. The van der Waals surface area contributed by atoms with E-state index in [9.17, 15) is 14.0 Å². The molecule has 0 aliphatic heterocycles. The van der Waals surface area contributed by atoms with E-state index in [0.29, 0.717) is 17.2 Å². The maximum Gasteiger partial charge on any atom is 0.254 e. The number of nitrogens with zero attached hydrogens (tertiary/aromatic N) is 1. The number of rotatable bonds is 7. The van der Waals surface area contributed by atoms with E-state index in [-0.39, 0.29) is 24.6 Å². The average Bonchev–Trinajstić information content (AvgIpc) is 2.64. The first-order valence-electron chi connectivity index (χ1n) is 8.00. The van der Waals surface area contributed by atoms with Gasteiger partial charge in [-0.3, -0.25) is 9.59 Å². The van der Waals surface area contributed by atoms with Crippen LogP contribution in [-0.2, 0) is 4.79 Å². The summed E-state index contributed by atoms with van der Waals surface area (Å²) in [4.78, 5) is 25.6. The minimum atomic E-state index is -0.592. The van der Waals surface area contributed by atoms with Gasteiger partial charge in [-0.1, -0.05) is 12.1 Å². The number of amides is 2. The molecule has 6 nitrogen and oxygen atoms in total. The Morgan fingerprint density at radius 2 is 1.85 bits per heavy atom. The monoisotopic (exact) mass is 360 g/mol. The van der Waals surface area contributed by atoms with Crippen LogP contribution in [0, 0.1) is 5.82 Å². The molecule has 0 aromatic heterocycles. The normalized spacial score (nSPS) is 10.2. The molecule has 26 heavy (non-hydrogen) atoms. The summed E-state index contributed by atoms with van der Waals surface area (Å²) in [6.45, 7) is 1.78. The highest BCUT2D eigenvalue weighted by molar-refractivity contribution is 5.95. The second-order valence-corrected chi connectivity index (χ2v) is 5.44. The third-order valence-electron chi connectivity index (χ3n) is 3.80. The van der Waals surface area contributed by atoms with Gasteiger partial charge >= 0.3 is 0 Å². The fourth-order valence-electron chi connectivity index (χ4n) is 2.48. The molecule has 0 saturated carbocycles. The van der Waals surface area contributed by atoms with E-state index >= 15 is 0 Å². The minimum Gasteiger partial charge on any atom is -0.497 e. The molecule has 2 rings (SSSR count). The van der Waals surface area contributed by atoms with Gasteiger partial charge in [-0.2, -0.15) is 0 Å². The lowest BCUT2D eigenvalue weighted by Gasteiger charge is -2.23. The molecule has 0 spiro atoms. The summed E-state index contributed by atoms with van der Waals surface area (Å²) in [5.41, 5.74) is 0.518. The van der Waals surface area contributed by atoms with E-state index < -0.39 is 11.7 Å². The van der Waals surface area contributed by atoms with Crippen molar-refractivity contribution in [1.29, 1.82) is 0 Å². The van der Waals surface area contributed by atoms with Crippen LogP contribution in [0.15, 0.2) is 42.5 Å². The molecule has 0 atom stereocenters. The number of nitrogens with one attached hydrogen (secondary N) is 1. The molecule has 7 heteroatoms. The van der Waals surface area contributed by atoms with Crippen molar-refractivity contribution in [3.05, 3.63) is 53.8 Å². The molecule has 0 aliphatic rings. The van der Waals surface area contributed by atoms with Crippen LogP contribution in [0.1, 0.15) is 17.3 Å². The maximum atomic E-state index is 13.6. The van der Waals surface area contributed by atoms with Crippen molar-refractivity contribution < 1.29 is 23.5 Å². The van der Waals surface area contributed by atoms with Crippen LogP contribution in [-0.4, -0.2) is 39.1 Å². The van der Waals surface area contributed by atoms with Crippen molar-refractivity contribution >= 4 is 17.5 Å². The van der Waals surface area contributed by atoms with Crippen molar-refractivity contribution in [2.45, 2.75) is 6.92 Å². The highest BCUT2D eigenvalue weighted by Crippen LogP contribution is 2.32. The summed E-state index contributed by atoms with van der Waals surface area (Å²) < 4.78 is 24.1. The zero-order chi connectivity index (χ0) is 19.1. The zero-order valence-corrected chi connectivity index (χ0v) is 14.9. The van der Waals surface area contributed by atoms with Crippen molar-refractivity contribution in [2.75, 3.05) is 32.2 Å². The van der Waals surface area contributed by atoms with E-state index in [0.717, 1.165) is 0 Å². The molecule has 2 aromatic rings. The SMILES string of the molecule is COc1ccc(N(CCNC(=O)c2ccccc2F)C(C)=O)c(OC)c1. The van der Waals surface area contributed by atoms with E-state index in [4.69, 9.17) is 9.47 Å². The van der Waals surface area contributed by atoms with Crippen LogP contribution < -0.4 is 19.7 Å². The first-order chi connectivity index (χ1) is 12.5. The van der Waals surface area contributed by atoms with Crippen molar-refractivity contribution in [3.63, 3.8) is 0 Å². The Labute approximate surface area is 151 Å². The number of carbonyl (C=O) groups excluding carboxylic acids is 2. The number of benzene rings is 2. The Kier molecular flexibility index (Phi) is 6.54. The Morgan fingerprint density at radius 1 is 1.12 bits per heavy atom. The lowest BCUT2D eigenvalue weighted by molar-refractivity contribution is -0.116. The van der Waals surface area contributed by atoms with E-state index in [1.54, 1.807) is 24.3 Å². The predicted octanol–water partition coefficient (Wildman–Crippen LogP) is 2.63. The smallest absolute Gasteiger partial charge is 0.254 e. The zero-order valence-electron chi connectivity index (χ0n) is 14.9. The lowest BCUT2D eigenvalue weighted by Crippen LogP contribution is -2.38. The van der Waals surface area contributed by atoms with Gasteiger partial charge in [0.1, 0.15) is 17.3 Å². The van der Waals surface area contributed by atoms with E-state index in [2.05, 4.69) is 5.32 Å². The standard InChI is InChI=1S/C19H21FN2O4/c1-13(23)22(17-9-8-14(25-2)12-18(17)26-3)11-10-21-19(24)15-6-4-5-7-16(15)20/h4-9,12H,10-11H2,1-3H3,(H,21,24). The Bertz CT molecular complexity index is 795. The lowest BCUT2D eigenvalue weighted by atomic mass is 10.2. The summed E-state index contributed by atoms with van der Waals surface area (Å²) >= 11 is 0. The molecule has 0 fully saturated rings. The molecule has 0 bridgehead atoms. The fourth-order valence-corrected chi connectivity index (χ4v) is 2.48. The maximum absolute atomic E-state index is 13.6. The molecule has 0 heterocycles. The second-order valence-electron chi connectivity index (χ2n) is 5.44. The van der Waals surface area contributed by atoms with Crippen molar-refractivity contribution in [2.24, 2.45) is 0 Å². The fraction of sp³-hybridized carbons (Fsp3) is 0.263. The van der Waals surface area contributed by atoms with Gasteiger partial charge in [-0.05, 0) is 24.3 Å². The minimum absolute atomic E-state index is 0.0381. The summed E-state index contributed by atoms with van der Waals surface area (Å²) in [5.74, 6) is -0.269. The molecule has 0 radical (unpaired) electrons. The first kappa shape index (κ1) is 19.2. The predicted molar refractivity (Wildman–Crippen MR) is 96.3 cm³/mol. The van der Waals surface area contributed by atoms with Gasteiger partial charge in [-0.15, -0.1) is 0 Å². The van der Waals surface area contributed by atoms with Crippen LogP contribution in [0.5, 0.6) is 11.5 Å². The molecule has 1 N–H and O–H groups in total. The van der Waals surface area contributed by atoms with Crippen molar-refractivity contribution in [1.82, 2.24) is 5.32 Å². The third-order valence-corrected chi connectivity index (χ3v) is 3.80. The van der Waals surface area contributed by atoms with Crippen LogP contribution in [0.25, 0.3) is 0 Å². The van der Waals surface area contributed by atoms with Crippen molar-refractivity contribution in [3.8, 4) is 11.5 Å². The topological polar surface area (TPSA) is 67.9 Å². The second kappa shape index (κ2) is 8.84. The molecule has 0 saturated heterocycles. The number of halogens is 1. The van der Waals surface area contributed by atoms with Gasteiger partial charge in [0.05, 0.1) is 25.5 Å². The van der Waals surface area contributed by atoms with Gasteiger partial charge in [0.25, 0.3) is 5.91 Å². The highest BCUT2D eigenvalue weighted by Gasteiger charge is 2.18. The summed E-state index contributed by atoms with van der Waals surface area (Å²) in [5, 5.41) is 2.62. The molecule has 2 aromatic carbocycles. The molecule has 138 valence electrons. The quantitative estimate of drug-likeness (QED) is 0.824. The first-order valence-corrected chi connectivity index (χ1v) is 8.00. The number of carbonyl (C=O) groups is 2. The van der Waals surface area contributed by atoms with Crippen LogP contribution in [0.3, 0.4) is 0 Å². The summed E-state index contributed by atoms with van der Waals surface area (Å²) in [7, 11) is 3.03. The van der Waals surface area contributed by atoms with Gasteiger partial charge in [0.15, 0.2) is 0 Å². The van der Waals surface area contributed by atoms with Gasteiger partial charge in [0.2, 0.25) is 5.91 Å². The average molecular weight is 360 g/mol. The van der Waals surface area contributed by atoms with E-state index in [1.807, 2.05) is 0 Å². The van der Waals surface area contributed by atoms with Crippen LogP contribution in [0.4, 0.5) is 10.1 Å². The molecule has 2 amide bonds. The largest absolute Gasteiger partial charge is 0.497 e. The number of methoxy groups -OCH3 is 2. The van der Waals surface area contributed by atoms with Gasteiger partial charge in [0, 0.05) is 26.1 Å². The van der Waals surface area contributed by atoms with Crippen LogP contribution in [0.2, 0.25) is 0 Å². The Balaban J connectivity index is 2.09. The third kappa shape index (κ3) is 4.50. The Morgan fingerprint density at radius 3 is 2.46 bits per heavy atom. The molecule has 0 unspecified atom stereocenters. The van der Waals surface area contributed by atoms with Crippen LogP contribution >= 0.6 is 0 Å². The number of hydrogen-bond donors (Lipinski definition) is 1. The van der Waals surface area contributed by atoms with E-state index in [1.165, 1.54) is 44.2 Å². The highest BCUT2D eigenvalue weighted by atomic mass is 19.1. The summed E-state index contributed by atoms with van der Waals surface area (Å²) in [6, 6.07) is 10.8. The Hall–Kier alpha value is -3.09. The number of anilines is 1. The number of ether oxygens (including phenoxy) is 2. The van der Waals surface area contributed by atoms with Gasteiger partial charge < -0.3 is 19.7 Å². The molecule has 0 aliphatic carbocycles.